The van der Waals surface area contributed by atoms with Crippen LogP contribution >= 0.6 is 0 Å². The molecule has 0 aromatic carbocycles. The highest BCUT2D eigenvalue weighted by molar-refractivity contribution is 5.79. The molecule has 0 spiro atoms. The average molecular weight is 303 g/mol. The third kappa shape index (κ3) is 3.00. The summed E-state index contributed by atoms with van der Waals surface area (Å²) in [4.78, 5) is 27.7. The van der Waals surface area contributed by atoms with Crippen LogP contribution < -0.4 is 9.80 Å². The summed E-state index contributed by atoms with van der Waals surface area (Å²) in [7, 11) is 3.97. The van der Waals surface area contributed by atoms with Gasteiger partial charge in [-0.15, -0.1) is 0 Å². The summed E-state index contributed by atoms with van der Waals surface area (Å²) in [5.74, 6) is 2.35. The highest BCUT2D eigenvalue weighted by Gasteiger charge is 2.31. The number of aromatic nitrogens is 2. The lowest BCUT2D eigenvalue weighted by atomic mass is 9.84. The van der Waals surface area contributed by atoms with Crippen molar-refractivity contribution in [3.8, 4) is 0 Å². The molecule has 2 fully saturated rings. The number of aryl methyl sites for hydroxylation is 1. The number of piperazine rings is 1. The molecular formula is C16H25N5O. The molecule has 1 aliphatic heterocycles. The first kappa shape index (κ1) is 15.1. The van der Waals surface area contributed by atoms with Gasteiger partial charge < -0.3 is 14.7 Å². The van der Waals surface area contributed by atoms with Crippen LogP contribution in [0.5, 0.6) is 0 Å². The van der Waals surface area contributed by atoms with Crippen molar-refractivity contribution in [2.24, 2.45) is 5.92 Å². The van der Waals surface area contributed by atoms with Gasteiger partial charge in [0.25, 0.3) is 0 Å². The number of hydrogen-bond donors (Lipinski definition) is 0. The molecule has 120 valence electrons. The number of anilines is 2. The quantitative estimate of drug-likeness (QED) is 0.842. The smallest absolute Gasteiger partial charge is 0.227 e. The van der Waals surface area contributed by atoms with E-state index in [1.807, 2.05) is 36.9 Å². The van der Waals surface area contributed by atoms with E-state index in [4.69, 9.17) is 0 Å². The van der Waals surface area contributed by atoms with E-state index in [-0.39, 0.29) is 0 Å². The predicted octanol–water partition coefficient (Wildman–Crippen LogP) is 1.30. The molecule has 0 atom stereocenters. The minimum absolute atomic E-state index is 0.294. The van der Waals surface area contributed by atoms with Crippen molar-refractivity contribution in [3.05, 3.63) is 11.8 Å². The van der Waals surface area contributed by atoms with Crippen LogP contribution in [0.4, 0.5) is 11.8 Å². The van der Waals surface area contributed by atoms with Gasteiger partial charge in [-0.1, -0.05) is 6.42 Å². The minimum Gasteiger partial charge on any atom is -0.363 e. The van der Waals surface area contributed by atoms with Gasteiger partial charge in [-0.05, 0) is 19.8 Å². The van der Waals surface area contributed by atoms with E-state index in [0.717, 1.165) is 56.5 Å². The maximum absolute atomic E-state index is 12.3. The SMILES string of the molecule is Cc1cc(N(C)C)nc(N2CCN(C(=O)C3CCC3)CC2)n1. The molecule has 3 rings (SSSR count). The summed E-state index contributed by atoms with van der Waals surface area (Å²) < 4.78 is 0. The van der Waals surface area contributed by atoms with Gasteiger partial charge in [0.2, 0.25) is 11.9 Å². The Morgan fingerprint density at radius 3 is 2.41 bits per heavy atom. The molecule has 1 aromatic rings. The highest BCUT2D eigenvalue weighted by Crippen LogP contribution is 2.28. The summed E-state index contributed by atoms with van der Waals surface area (Å²) in [5.41, 5.74) is 0.974. The van der Waals surface area contributed by atoms with Crippen LogP contribution in [-0.4, -0.2) is 61.0 Å². The van der Waals surface area contributed by atoms with Crippen molar-refractivity contribution in [1.82, 2.24) is 14.9 Å². The van der Waals surface area contributed by atoms with Gasteiger partial charge in [-0.2, -0.15) is 4.98 Å². The van der Waals surface area contributed by atoms with E-state index >= 15 is 0 Å². The summed E-state index contributed by atoms with van der Waals surface area (Å²) in [6.07, 6.45) is 3.36. The molecule has 0 unspecified atom stereocenters. The van der Waals surface area contributed by atoms with Gasteiger partial charge in [0.1, 0.15) is 5.82 Å². The van der Waals surface area contributed by atoms with E-state index in [1.54, 1.807) is 0 Å². The Bertz CT molecular complexity index is 547. The Hall–Kier alpha value is -1.85. The second-order valence-electron chi connectivity index (χ2n) is 6.50. The Morgan fingerprint density at radius 1 is 1.18 bits per heavy atom. The molecule has 6 heteroatoms. The number of carbonyl (C=O) groups excluding carboxylic acids is 1. The molecule has 0 bridgehead atoms. The molecule has 1 saturated heterocycles. The number of hydrogen-bond acceptors (Lipinski definition) is 5. The number of carbonyl (C=O) groups is 1. The summed E-state index contributed by atoms with van der Waals surface area (Å²) >= 11 is 0. The third-order valence-corrected chi connectivity index (χ3v) is 4.62. The van der Waals surface area contributed by atoms with Crippen molar-refractivity contribution in [3.63, 3.8) is 0 Å². The van der Waals surface area contributed by atoms with Gasteiger partial charge >= 0.3 is 0 Å². The standard InChI is InChI=1S/C16H25N5O/c1-12-11-14(19(2)3)18-16(17-12)21-9-7-20(8-10-21)15(22)13-5-4-6-13/h11,13H,4-10H2,1-3H3. The molecule has 2 aliphatic rings. The lowest BCUT2D eigenvalue weighted by molar-refractivity contribution is -0.138. The van der Waals surface area contributed by atoms with E-state index in [9.17, 15) is 4.79 Å². The first-order valence-corrected chi connectivity index (χ1v) is 8.11. The van der Waals surface area contributed by atoms with Crippen LogP contribution in [0.3, 0.4) is 0 Å². The Kier molecular flexibility index (Phi) is 4.18. The Morgan fingerprint density at radius 2 is 1.86 bits per heavy atom. The fourth-order valence-corrected chi connectivity index (χ4v) is 2.95. The van der Waals surface area contributed by atoms with Crippen LogP contribution in [0.1, 0.15) is 25.0 Å². The maximum atomic E-state index is 12.3. The number of nitrogens with zero attached hydrogens (tertiary/aromatic N) is 5. The normalized spacial score (nSPS) is 19.0. The first-order chi connectivity index (χ1) is 10.5. The molecule has 2 heterocycles. The summed E-state index contributed by atoms with van der Waals surface area (Å²) in [5, 5.41) is 0. The van der Waals surface area contributed by atoms with Crippen molar-refractivity contribution < 1.29 is 4.79 Å². The molecule has 1 aromatic heterocycles. The van der Waals surface area contributed by atoms with Crippen LogP contribution in [0.15, 0.2) is 6.07 Å². The first-order valence-electron chi connectivity index (χ1n) is 8.11. The van der Waals surface area contributed by atoms with Crippen molar-refractivity contribution >= 4 is 17.7 Å². The minimum atomic E-state index is 0.294. The molecule has 1 saturated carbocycles. The third-order valence-electron chi connectivity index (χ3n) is 4.62. The molecule has 22 heavy (non-hydrogen) atoms. The zero-order valence-corrected chi connectivity index (χ0v) is 13.7. The van der Waals surface area contributed by atoms with Gasteiger partial charge in [-0.3, -0.25) is 4.79 Å². The molecule has 0 N–H and O–H groups in total. The lowest BCUT2D eigenvalue weighted by Gasteiger charge is -2.38. The molecule has 1 amide bonds. The lowest BCUT2D eigenvalue weighted by Crippen LogP contribution is -2.51. The second kappa shape index (κ2) is 6.10. The van der Waals surface area contributed by atoms with Gasteiger partial charge in [0.05, 0.1) is 0 Å². The number of rotatable bonds is 3. The average Bonchev–Trinajstić information content (AvgIpc) is 2.45. The topological polar surface area (TPSA) is 52.6 Å². The molecule has 1 aliphatic carbocycles. The van der Waals surface area contributed by atoms with Crippen molar-refractivity contribution in [2.75, 3.05) is 50.1 Å². The predicted molar refractivity (Wildman–Crippen MR) is 87.2 cm³/mol. The van der Waals surface area contributed by atoms with E-state index in [1.165, 1.54) is 6.42 Å². The second-order valence-corrected chi connectivity index (χ2v) is 6.50. The van der Waals surface area contributed by atoms with Gasteiger partial charge in [0, 0.05) is 58.0 Å². The van der Waals surface area contributed by atoms with E-state index < -0.39 is 0 Å². The van der Waals surface area contributed by atoms with E-state index in [2.05, 4.69) is 14.9 Å². The Labute approximate surface area is 132 Å². The fourth-order valence-electron chi connectivity index (χ4n) is 2.95. The monoisotopic (exact) mass is 303 g/mol. The summed E-state index contributed by atoms with van der Waals surface area (Å²) in [6.45, 7) is 5.19. The zero-order valence-electron chi connectivity index (χ0n) is 13.7. The summed E-state index contributed by atoms with van der Waals surface area (Å²) in [6, 6.07) is 1.99. The molecule has 0 radical (unpaired) electrons. The highest BCUT2D eigenvalue weighted by atomic mass is 16.2. The van der Waals surface area contributed by atoms with Crippen LogP contribution in [-0.2, 0) is 4.79 Å². The van der Waals surface area contributed by atoms with Crippen molar-refractivity contribution in [2.45, 2.75) is 26.2 Å². The van der Waals surface area contributed by atoms with Crippen LogP contribution in [0, 0.1) is 12.8 Å². The fraction of sp³-hybridized carbons (Fsp3) is 0.688. The molecule has 6 nitrogen and oxygen atoms in total. The van der Waals surface area contributed by atoms with Gasteiger partial charge in [-0.25, -0.2) is 4.98 Å². The van der Waals surface area contributed by atoms with Crippen molar-refractivity contribution in [1.29, 1.82) is 0 Å². The number of amides is 1. The largest absolute Gasteiger partial charge is 0.363 e. The van der Waals surface area contributed by atoms with E-state index in [0.29, 0.717) is 11.8 Å². The van der Waals surface area contributed by atoms with Crippen LogP contribution in [0.25, 0.3) is 0 Å². The Balaban J connectivity index is 1.64. The van der Waals surface area contributed by atoms with Gasteiger partial charge in [0.15, 0.2) is 0 Å². The zero-order chi connectivity index (χ0) is 15.7. The molecular weight excluding hydrogens is 278 g/mol. The van der Waals surface area contributed by atoms with Crippen LogP contribution in [0.2, 0.25) is 0 Å². The maximum Gasteiger partial charge on any atom is 0.227 e.